The van der Waals surface area contributed by atoms with Crippen molar-refractivity contribution in [1.82, 2.24) is 9.13 Å². The Morgan fingerprint density at radius 3 is 1.20 bits per heavy atom. The molecule has 0 spiro atoms. The van der Waals surface area contributed by atoms with Gasteiger partial charge in [-0.2, -0.15) is 12.2 Å². The fourth-order valence-electron chi connectivity index (χ4n) is 2.26. The molecule has 2 aliphatic rings. The van der Waals surface area contributed by atoms with E-state index in [0.717, 1.165) is 39.0 Å². The van der Waals surface area contributed by atoms with Crippen LogP contribution in [0.1, 0.15) is 26.7 Å². The third kappa shape index (κ3) is 22.2. The van der Waals surface area contributed by atoms with Crippen LogP contribution in [0.3, 0.4) is 0 Å². The van der Waals surface area contributed by atoms with Crippen LogP contribution in [0.4, 0.5) is 0 Å². The topological polar surface area (TPSA) is 6.48 Å². The first kappa shape index (κ1) is 36.9. The molecule has 30 heavy (non-hydrogen) atoms. The van der Waals surface area contributed by atoms with Gasteiger partial charge in [0.05, 0.1) is 0 Å². The molecule has 0 aromatic carbocycles. The maximum absolute atomic E-state index is 3.76. The van der Waals surface area contributed by atoms with Gasteiger partial charge in [-0.3, -0.25) is 12.2 Å². The third-order valence-corrected chi connectivity index (χ3v) is 5.01. The van der Waals surface area contributed by atoms with Gasteiger partial charge in [-0.05, 0) is 0 Å². The predicted molar refractivity (Wildman–Crippen MR) is 138 cm³/mol. The quantitative estimate of drug-likeness (QED) is 0.170. The summed E-state index contributed by atoms with van der Waals surface area (Å²) in [7, 11) is 0.100. The Kier molecular flexibility index (Phi) is 32.6. The standard InChI is InChI=1S/C12H21N2Si.2C6H7.2ClH.Hf/c1-5-9-13(10-6-2)15-14(11-7-3)12-8-4;2*1-6-4-2-3-5-6;;;/h5-8,15H,1-4,9-12H2;2*2,4H,3H2,1H3;2*1H;/q;2*-1;;;. The molecule has 0 aliphatic heterocycles. The second-order valence-corrected chi connectivity index (χ2v) is 7.80. The van der Waals surface area contributed by atoms with Crippen molar-refractivity contribution in [3.05, 3.63) is 98.2 Å². The number of nitrogens with zero attached hydrogens (tertiary/aromatic N) is 2. The molecule has 0 heterocycles. The van der Waals surface area contributed by atoms with Gasteiger partial charge in [0.1, 0.15) is 0 Å². The molecule has 167 valence electrons. The van der Waals surface area contributed by atoms with E-state index >= 15 is 0 Å². The zero-order chi connectivity index (χ0) is 20.3. The monoisotopic (exact) mass is 631 g/mol. The summed E-state index contributed by atoms with van der Waals surface area (Å²) in [5.41, 5.74) is 2.55. The van der Waals surface area contributed by atoms with Crippen LogP contribution >= 0.6 is 24.8 Å². The summed E-state index contributed by atoms with van der Waals surface area (Å²) >= 11 is 0. The van der Waals surface area contributed by atoms with Gasteiger partial charge in [-0.25, -0.2) is 23.3 Å². The molecule has 2 nitrogen and oxygen atoms in total. The van der Waals surface area contributed by atoms with E-state index < -0.39 is 0 Å². The van der Waals surface area contributed by atoms with Gasteiger partial charge in [-0.15, -0.1) is 64.0 Å². The molecule has 0 N–H and O–H groups in total. The van der Waals surface area contributed by atoms with Gasteiger partial charge in [-0.1, -0.05) is 38.2 Å². The number of hydrogen-bond acceptors (Lipinski definition) is 2. The van der Waals surface area contributed by atoms with E-state index in [2.05, 4.69) is 85.8 Å². The van der Waals surface area contributed by atoms with Crippen molar-refractivity contribution in [2.75, 3.05) is 26.2 Å². The molecule has 0 saturated carbocycles. The minimum Gasteiger partial charge on any atom is -0.307 e. The van der Waals surface area contributed by atoms with Crippen LogP contribution < -0.4 is 0 Å². The van der Waals surface area contributed by atoms with Crippen LogP contribution in [0, 0.1) is 12.2 Å². The molecule has 0 amide bonds. The van der Waals surface area contributed by atoms with Gasteiger partial charge in [0.2, 0.25) is 9.84 Å². The van der Waals surface area contributed by atoms with E-state index in [1.807, 2.05) is 24.3 Å². The van der Waals surface area contributed by atoms with E-state index in [1.165, 1.54) is 11.1 Å². The van der Waals surface area contributed by atoms with Crippen molar-refractivity contribution in [1.29, 1.82) is 0 Å². The summed E-state index contributed by atoms with van der Waals surface area (Å²) in [6.45, 7) is 22.8. The van der Waals surface area contributed by atoms with E-state index in [-0.39, 0.29) is 60.5 Å². The number of halogens is 2. The van der Waals surface area contributed by atoms with Crippen molar-refractivity contribution in [3.8, 4) is 0 Å². The Bertz CT molecular complexity index is 508. The van der Waals surface area contributed by atoms with Crippen molar-refractivity contribution in [3.63, 3.8) is 0 Å². The minimum absolute atomic E-state index is 0. The molecule has 0 fully saturated rings. The second-order valence-electron chi connectivity index (χ2n) is 6.11. The summed E-state index contributed by atoms with van der Waals surface area (Å²) < 4.78 is 4.68. The fraction of sp³-hybridized carbons (Fsp3) is 0.333. The molecule has 2 aliphatic carbocycles. The van der Waals surface area contributed by atoms with Crippen LogP contribution in [-0.2, 0) is 25.8 Å². The van der Waals surface area contributed by atoms with Crippen LogP contribution in [0.25, 0.3) is 0 Å². The SMILES string of the molecule is C=CCN(CC=C)[SiH]N(CC=C)CC=C.CC1=[C-]CC=C1.CC1=[C-]CC=C1.Cl.Cl.[Hf]. The molecule has 0 bridgehead atoms. The molecular formula is C24H37Cl2HfN2Si-2. The van der Waals surface area contributed by atoms with Gasteiger partial charge in [0.15, 0.2) is 0 Å². The predicted octanol–water partition coefficient (Wildman–Crippen LogP) is 5.83. The summed E-state index contributed by atoms with van der Waals surface area (Å²) in [6.07, 6.45) is 24.4. The molecule has 2 rings (SSSR count). The van der Waals surface area contributed by atoms with Crippen LogP contribution in [0.5, 0.6) is 0 Å². The molecule has 0 saturated heterocycles. The van der Waals surface area contributed by atoms with Crippen molar-refractivity contribution < 1.29 is 25.8 Å². The normalized spacial score (nSPS) is 12.5. The first-order valence-corrected chi connectivity index (χ1v) is 10.3. The zero-order valence-corrected chi connectivity index (χ0v) is 24.9. The van der Waals surface area contributed by atoms with E-state index in [1.54, 1.807) is 0 Å². The Morgan fingerprint density at radius 1 is 0.767 bits per heavy atom. The van der Waals surface area contributed by atoms with Gasteiger partial charge >= 0.3 is 0 Å². The first-order valence-electron chi connectivity index (χ1n) is 9.31. The average molecular weight is 631 g/mol. The Balaban J connectivity index is -0.000000186. The Morgan fingerprint density at radius 2 is 1.07 bits per heavy atom. The minimum atomic E-state index is 0. The maximum Gasteiger partial charge on any atom is 0.210 e. The number of allylic oxidation sites excluding steroid dienone is 8. The smallest absolute Gasteiger partial charge is 0.210 e. The Hall–Kier alpha value is -0.493. The van der Waals surface area contributed by atoms with Crippen LogP contribution in [-0.4, -0.2) is 45.2 Å². The maximum atomic E-state index is 3.76. The van der Waals surface area contributed by atoms with Gasteiger partial charge in [0, 0.05) is 52.0 Å². The van der Waals surface area contributed by atoms with Crippen LogP contribution in [0.15, 0.2) is 86.1 Å². The van der Waals surface area contributed by atoms with Gasteiger partial charge < -0.3 is 9.13 Å². The molecule has 0 unspecified atom stereocenters. The largest absolute Gasteiger partial charge is 0.307 e. The molecule has 1 radical (unpaired) electrons. The summed E-state index contributed by atoms with van der Waals surface area (Å²) in [4.78, 5) is 0. The second kappa shape index (κ2) is 26.5. The van der Waals surface area contributed by atoms with Crippen molar-refractivity contribution in [2.24, 2.45) is 0 Å². The number of hydrogen-bond donors (Lipinski definition) is 0. The van der Waals surface area contributed by atoms with Crippen molar-refractivity contribution in [2.45, 2.75) is 26.7 Å². The zero-order valence-electron chi connectivity index (χ0n) is 18.5. The molecule has 0 atom stereocenters. The molecular weight excluding hydrogens is 594 g/mol. The third-order valence-electron chi connectivity index (χ3n) is 3.51. The van der Waals surface area contributed by atoms with E-state index in [4.69, 9.17) is 0 Å². The summed E-state index contributed by atoms with van der Waals surface area (Å²) in [5, 5.41) is 0. The summed E-state index contributed by atoms with van der Waals surface area (Å²) in [5.74, 6) is 0. The van der Waals surface area contributed by atoms with E-state index in [0.29, 0.717) is 0 Å². The molecule has 0 aromatic heterocycles. The molecule has 6 heteroatoms. The average Bonchev–Trinajstić information content (AvgIpc) is 3.30. The van der Waals surface area contributed by atoms with Crippen LogP contribution in [0.2, 0.25) is 0 Å². The Labute approximate surface area is 219 Å². The van der Waals surface area contributed by atoms with Crippen molar-refractivity contribution >= 4 is 34.7 Å². The van der Waals surface area contributed by atoms with E-state index in [9.17, 15) is 0 Å². The summed E-state index contributed by atoms with van der Waals surface area (Å²) in [6, 6.07) is 0. The van der Waals surface area contributed by atoms with Gasteiger partial charge in [0.25, 0.3) is 0 Å². The number of rotatable bonds is 10. The molecule has 0 aromatic rings. The first-order chi connectivity index (χ1) is 13.1. The fourth-order valence-corrected chi connectivity index (χ4v) is 3.70.